The summed E-state index contributed by atoms with van der Waals surface area (Å²) in [7, 11) is 0. The Morgan fingerprint density at radius 2 is 2.45 bits per heavy atom. The Bertz CT molecular complexity index is 138. The fourth-order valence-corrected chi connectivity index (χ4v) is 1.17. The number of hydrogen-bond acceptors (Lipinski definition) is 2. The van der Waals surface area contributed by atoms with Crippen LogP contribution in [-0.4, -0.2) is 37.1 Å². The Morgan fingerprint density at radius 3 is 3.09 bits per heavy atom. The van der Waals surface area contributed by atoms with Gasteiger partial charge in [-0.1, -0.05) is 0 Å². The summed E-state index contributed by atoms with van der Waals surface area (Å²) in [6.45, 7) is 3.15. The Kier molecular flexibility index (Phi) is 3.16. The van der Waals surface area contributed by atoms with Gasteiger partial charge >= 0.3 is 6.03 Å². The van der Waals surface area contributed by atoms with E-state index in [-0.39, 0.29) is 6.03 Å². The molecule has 0 aromatic carbocycles. The smallest absolute Gasteiger partial charge is 0.317 e. The van der Waals surface area contributed by atoms with Crippen molar-refractivity contribution in [2.24, 2.45) is 5.73 Å². The van der Waals surface area contributed by atoms with Gasteiger partial charge in [0.2, 0.25) is 0 Å². The van der Waals surface area contributed by atoms with Gasteiger partial charge in [0.05, 0.1) is 0 Å². The molecule has 0 radical (unpaired) electrons. The zero-order chi connectivity index (χ0) is 8.10. The van der Waals surface area contributed by atoms with Crippen molar-refractivity contribution in [3.05, 3.63) is 0 Å². The lowest BCUT2D eigenvalue weighted by Crippen LogP contribution is -2.46. The maximum atomic E-state index is 11.1. The number of carbonyl (C=O) groups is 1. The molecule has 0 aromatic heterocycles. The molecular formula is C7H15N3O. The lowest BCUT2D eigenvalue weighted by atomic mass is 10.3. The van der Waals surface area contributed by atoms with Gasteiger partial charge in [-0.25, -0.2) is 4.79 Å². The van der Waals surface area contributed by atoms with Crippen LogP contribution in [0.5, 0.6) is 0 Å². The Morgan fingerprint density at radius 1 is 1.64 bits per heavy atom. The fourth-order valence-electron chi connectivity index (χ4n) is 1.17. The number of urea groups is 1. The van der Waals surface area contributed by atoms with Gasteiger partial charge in [-0.2, -0.15) is 0 Å². The van der Waals surface area contributed by atoms with Crippen molar-refractivity contribution in [3.8, 4) is 0 Å². The van der Waals surface area contributed by atoms with E-state index in [1.807, 2.05) is 4.90 Å². The van der Waals surface area contributed by atoms with Gasteiger partial charge in [-0.3, -0.25) is 0 Å². The van der Waals surface area contributed by atoms with Crippen LogP contribution < -0.4 is 11.1 Å². The first kappa shape index (κ1) is 8.33. The van der Waals surface area contributed by atoms with Crippen molar-refractivity contribution >= 4 is 6.03 Å². The quantitative estimate of drug-likeness (QED) is 0.593. The monoisotopic (exact) mass is 157 g/mol. The molecule has 0 spiro atoms. The summed E-state index contributed by atoms with van der Waals surface area (Å²) < 4.78 is 0. The minimum atomic E-state index is 0.0599. The zero-order valence-corrected chi connectivity index (χ0v) is 6.68. The largest absolute Gasteiger partial charge is 0.338 e. The Labute approximate surface area is 66.7 Å². The molecule has 1 heterocycles. The molecule has 0 atom stereocenters. The van der Waals surface area contributed by atoms with Crippen LogP contribution in [0.4, 0.5) is 4.79 Å². The van der Waals surface area contributed by atoms with Crippen molar-refractivity contribution in [3.63, 3.8) is 0 Å². The van der Waals surface area contributed by atoms with Crippen LogP contribution in [0.25, 0.3) is 0 Å². The summed E-state index contributed by atoms with van der Waals surface area (Å²) in [5.74, 6) is 0. The molecule has 2 amide bonds. The Balaban J connectivity index is 2.24. The first-order valence-electron chi connectivity index (χ1n) is 4.07. The summed E-state index contributed by atoms with van der Waals surface area (Å²) in [6, 6.07) is 0.0599. The number of rotatable bonds is 3. The normalized spacial score (nSPS) is 18.3. The average molecular weight is 157 g/mol. The predicted molar refractivity (Wildman–Crippen MR) is 43.3 cm³/mol. The summed E-state index contributed by atoms with van der Waals surface area (Å²) in [6.07, 6.45) is 1.95. The summed E-state index contributed by atoms with van der Waals surface area (Å²) in [5.41, 5.74) is 5.33. The lowest BCUT2D eigenvalue weighted by molar-refractivity contribution is 0.186. The number of nitrogens with two attached hydrogens (primary N) is 1. The van der Waals surface area contributed by atoms with E-state index in [1.165, 1.54) is 0 Å². The maximum absolute atomic E-state index is 11.1. The first-order chi connectivity index (χ1) is 5.34. The van der Waals surface area contributed by atoms with Crippen LogP contribution >= 0.6 is 0 Å². The predicted octanol–water partition coefficient (Wildman–Crippen LogP) is -0.250. The van der Waals surface area contributed by atoms with Gasteiger partial charge in [0.25, 0.3) is 0 Å². The number of carbonyl (C=O) groups excluding carboxylic acids is 1. The number of nitrogens with one attached hydrogen (secondary N) is 1. The van der Waals surface area contributed by atoms with Crippen molar-refractivity contribution < 1.29 is 4.79 Å². The SMILES string of the molecule is NCCCN1CCCNC1=O. The molecule has 0 bridgehead atoms. The van der Waals surface area contributed by atoms with Gasteiger partial charge < -0.3 is 16.0 Å². The van der Waals surface area contributed by atoms with E-state index in [1.54, 1.807) is 0 Å². The van der Waals surface area contributed by atoms with Gasteiger partial charge in [0.15, 0.2) is 0 Å². The van der Waals surface area contributed by atoms with Crippen molar-refractivity contribution in [1.82, 2.24) is 10.2 Å². The molecule has 1 fully saturated rings. The number of nitrogens with zero attached hydrogens (tertiary/aromatic N) is 1. The molecule has 64 valence electrons. The summed E-state index contributed by atoms with van der Waals surface area (Å²) >= 11 is 0. The fraction of sp³-hybridized carbons (Fsp3) is 0.857. The molecule has 11 heavy (non-hydrogen) atoms. The summed E-state index contributed by atoms with van der Waals surface area (Å²) in [4.78, 5) is 12.9. The highest BCUT2D eigenvalue weighted by atomic mass is 16.2. The van der Waals surface area contributed by atoms with Gasteiger partial charge in [-0.15, -0.1) is 0 Å². The van der Waals surface area contributed by atoms with Crippen LogP contribution in [-0.2, 0) is 0 Å². The first-order valence-corrected chi connectivity index (χ1v) is 4.07. The zero-order valence-electron chi connectivity index (χ0n) is 6.68. The molecule has 1 aliphatic rings. The second-order valence-electron chi connectivity index (χ2n) is 2.71. The lowest BCUT2D eigenvalue weighted by Gasteiger charge is -2.27. The summed E-state index contributed by atoms with van der Waals surface area (Å²) in [5, 5.41) is 2.79. The van der Waals surface area contributed by atoms with Crippen molar-refractivity contribution in [2.45, 2.75) is 12.8 Å². The second kappa shape index (κ2) is 4.18. The standard InChI is InChI=1S/C7H15N3O/c8-3-1-5-10-6-2-4-9-7(10)11/h1-6,8H2,(H,9,11). The highest BCUT2D eigenvalue weighted by molar-refractivity contribution is 5.74. The Hall–Kier alpha value is -0.770. The second-order valence-corrected chi connectivity index (χ2v) is 2.71. The van der Waals surface area contributed by atoms with Gasteiger partial charge in [-0.05, 0) is 19.4 Å². The highest BCUT2D eigenvalue weighted by Gasteiger charge is 2.15. The van der Waals surface area contributed by atoms with Crippen LogP contribution in [0.1, 0.15) is 12.8 Å². The van der Waals surface area contributed by atoms with E-state index in [9.17, 15) is 4.79 Å². The third-order valence-corrected chi connectivity index (χ3v) is 1.80. The highest BCUT2D eigenvalue weighted by Crippen LogP contribution is 1.98. The van der Waals surface area contributed by atoms with Crippen LogP contribution in [0.3, 0.4) is 0 Å². The molecular weight excluding hydrogens is 142 g/mol. The van der Waals surface area contributed by atoms with Gasteiger partial charge in [0.1, 0.15) is 0 Å². The molecule has 4 heteroatoms. The molecule has 0 aliphatic carbocycles. The molecule has 1 aliphatic heterocycles. The number of hydrogen-bond donors (Lipinski definition) is 2. The maximum Gasteiger partial charge on any atom is 0.317 e. The van der Waals surface area contributed by atoms with Gasteiger partial charge in [0, 0.05) is 19.6 Å². The average Bonchev–Trinajstić information content (AvgIpc) is 2.03. The molecule has 3 N–H and O–H groups in total. The minimum Gasteiger partial charge on any atom is -0.338 e. The van der Waals surface area contributed by atoms with Crippen LogP contribution in [0.2, 0.25) is 0 Å². The van der Waals surface area contributed by atoms with E-state index in [4.69, 9.17) is 5.73 Å². The third-order valence-electron chi connectivity index (χ3n) is 1.80. The van der Waals surface area contributed by atoms with Crippen molar-refractivity contribution in [1.29, 1.82) is 0 Å². The topological polar surface area (TPSA) is 58.4 Å². The molecule has 1 saturated heterocycles. The molecule has 0 unspecified atom stereocenters. The van der Waals surface area contributed by atoms with E-state index in [0.29, 0.717) is 6.54 Å². The van der Waals surface area contributed by atoms with E-state index in [0.717, 1.165) is 32.5 Å². The minimum absolute atomic E-state index is 0.0599. The van der Waals surface area contributed by atoms with Crippen LogP contribution in [0, 0.1) is 0 Å². The molecule has 4 nitrogen and oxygen atoms in total. The number of amides is 2. The van der Waals surface area contributed by atoms with E-state index in [2.05, 4.69) is 5.32 Å². The van der Waals surface area contributed by atoms with E-state index < -0.39 is 0 Å². The van der Waals surface area contributed by atoms with Crippen molar-refractivity contribution in [2.75, 3.05) is 26.2 Å². The van der Waals surface area contributed by atoms with E-state index >= 15 is 0 Å². The van der Waals surface area contributed by atoms with Crippen LogP contribution in [0.15, 0.2) is 0 Å². The molecule has 0 aromatic rings. The molecule has 1 rings (SSSR count). The third kappa shape index (κ3) is 2.38. The molecule has 0 saturated carbocycles.